The molecule has 0 unspecified atom stereocenters. The summed E-state index contributed by atoms with van der Waals surface area (Å²) in [5.74, 6) is 0.571. The molecule has 88 valence electrons. The lowest BCUT2D eigenvalue weighted by atomic mass is 10.1. The molecule has 0 aliphatic carbocycles. The second-order valence-corrected chi connectivity index (χ2v) is 5.56. The standard InChI is InChI=1S/C12H9Cl2IN2/c1-6-3-4-7(2)8(5-6)12-16-10(13)9(15)11(14)17-12/h3-5H,1-2H3. The third-order valence-corrected chi connectivity index (χ3v) is 4.61. The van der Waals surface area contributed by atoms with Gasteiger partial charge in [-0.1, -0.05) is 40.9 Å². The monoisotopic (exact) mass is 378 g/mol. The fourth-order valence-electron chi connectivity index (χ4n) is 1.49. The summed E-state index contributed by atoms with van der Waals surface area (Å²) in [5, 5.41) is 0.781. The largest absolute Gasteiger partial charge is 0.215 e. The summed E-state index contributed by atoms with van der Waals surface area (Å²) in [7, 11) is 0. The Hall–Kier alpha value is -0.390. The summed E-state index contributed by atoms with van der Waals surface area (Å²) < 4.78 is 0.681. The number of aryl methyl sites for hydroxylation is 2. The van der Waals surface area contributed by atoms with E-state index in [9.17, 15) is 0 Å². The van der Waals surface area contributed by atoms with Gasteiger partial charge in [0.1, 0.15) is 10.3 Å². The summed E-state index contributed by atoms with van der Waals surface area (Å²) >= 11 is 14.1. The predicted octanol–water partition coefficient (Wildman–Crippen LogP) is 4.67. The van der Waals surface area contributed by atoms with Crippen LogP contribution in [0.5, 0.6) is 0 Å². The van der Waals surface area contributed by atoms with Gasteiger partial charge in [0.05, 0.1) is 3.57 Å². The first-order chi connectivity index (χ1) is 7.99. The number of halogens is 3. The van der Waals surface area contributed by atoms with Crippen LogP contribution in [0.25, 0.3) is 11.4 Å². The van der Waals surface area contributed by atoms with Crippen LogP contribution in [0.2, 0.25) is 10.3 Å². The summed E-state index contributed by atoms with van der Waals surface area (Å²) in [6.07, 6.45) is 0. The van der Waals surface area contributed by atoms with E-state index in [0.29, 0.717) is 19.7 Å². The van der Waals surface area contributed by atoms with Crippen molar-refractivity contribution in [2.75, 3.05) is 0 Å². The highest BCUT2D eigenvalue weighted by atomic mass is 127. The zero-order valence-corrected chi connectivity index (χ0v) is 12.9. The molecule has 1 aromatic carbocycles. The van der Waals surface area contributed by atoms with Crippen LogP contribution in [0.15, 0.2) is 18.2 Å². The summed E-state index contributed by atoms with van der Waals surface area (Å²) in [5.41, 5.74) is 3.22. The van der Waals surface area contributed by atoms with Crippen LogP contribution in [-0.4, -0.2) is 9.97 Å². The minimum atomic E-state index is 0.390. The molecule has 0 spiro atoms. The lowest BCUT2D eigenvalue weighted by Crippen LogP contribution is -1.96. The van der Waals surface area contributed by atoms with Crippen molar-refractivity contribution < 1.29 is 0 Å². The minimum Gasteiger partial charge on any atom is -0.215 e. The smallest absolute Gasteiger partial charge is 0.162 e. The van der Waals surface area contributed by atoms with Gasteiger partial charge in [-0.3, -0.25) is 0 Å². The molecule has 17 heavy (non-hydrogen) atoms. The van der Waals surface area contributed by atoms with E-state index in [-0.39, 0.29) is 0 Å². The van der Waals surface area contributed by atoms with Crippen molar-refractivity contribution in [3.63, 3.8) is 0 Å². The van der Waals surface area contributed by atoms with Crippen molar-refractivity contribution in [2.45, 2.75) is 13.8 Å². The van der Waals surface area contributed by atoms with Crippen molar-refractivity contribution in [1.82, 2.24) is 9.97 Å². The van der Waals surface area contributed by atoms with Crippen molar-refractivity contribution >= 4 is 45.8 Å². The van der Waals surface area contributed by atoms with Gasteiger partial charge in [0.25, 0.3) is 0 Å². The number of hydrogen-bond acceptors (Lipinski definition) is 2. The van der Waals surface area contributed by atoms with Crippen molar-refractivity contribution in [2.24, 2.45) is 0 Å². The molecular formula is C12H9Cl2IN2. The van der Waals surface area contributed by atoms with Gasteiger partial charge in [-0.2, -0.15) is 0 Å². The van der Waals surface area contributed by atoms with Crippen molar-refractivity contribution in [1.29, 1.82) is 0 Å². The molecule has 0 fully saturated rings. The molecule has 0 aliphatic rings. The Bertz CT molecular complexity index is 562. The van der Waals surface area contributed by atoms with E-state index in [0.717, 1.165) is 16.7 Å². The van der Waals surface area contributed by atoms with Crippen LogP contribution in [0.3, 0.4) is 0 Å². The zero-order valence-electron chi connectivity index (χ0n) is 9.26. The maximum Gasteiger partial charge on any atom is 0.162 e. The number of nitrogens with zero attached hydrogens (tertiary/aromatic N) is 2. The average molecular weight is 379 g/mol. The van der Waals surface area contributed by atoms with E-state index < -0.39 is 0 Å². The number of benzene rings is 1. The van der Waals surface area contributed by atoms with E-state index >= 15 is 0 Å². The third-order valence-electron chi connectivity index (χ3n) is 2.40. The number of hydrogen-bond donors (Lipinski definition) is 0. The van der Waals surface area contributed by atoms with E-state index in [4.69, 9.17) is 23.2 Å². The highest BCUT2D eigenvalue weighted by Crippen LogP contribution is 2.28. The Labute approximate surface area is 124 Å². The highest BCUT2D eigenvalue weighted by Gasteiger charge is 2.12. The quantitative estimate of drug-likeness (QED) is 0.532. The Kier molecular flexibility index (Phi) is 3.90. The number of aromatic nitrogens is 2. The molecule has 2 rings (SSSR count). The first-order valence-corrected chi connectivity index (χ1v) is 6.78. The Morgan fingerprint density at radius 3 is 2.24 bits per heavy atom. The molecule has 0 atom stereocenters. The van der Waals surface area contributed by atoms with Gasteiger partial charge in [0.15, 0.2) is 5.82 Å². The molecule has 0 amide bonds. The molecule has 5 heteroatoms. The molecule has 1 aromatic heterocycles. The Balaban J connectivity index is 2.64. The van der Waals surface area contributed by atoms with Gasteiger partial charge >= 0.3 is 0 Å². The Morgan fingerprint density at radius 1 is 1.06 bits per heavy atom. The maximum atomic E-state index is 6.02. The third kappa shape index (κ3) is 2.72. The molecule has 0 saturated carbocycles. The molecule has 0 bridgehead atoms. The summed E-state index contributed by atoms with van der Waals surface area (Å²) in [6, 6.07) is 6.12. The van der Waals surface area contributed by atoms with Gasteiger partial charge in [0.2, 0.25) is 0 Å². The molecule has 2 nitrogen and oxygen atoms in total. The van der Waals surface area contributed by atoms with Crippen LogP contribution in [0.4, 0.5) is 0 Å². The number of rotatable bonds is 1. The highest BCUT2D eigenvalue weighted by molar-refractivity contribution is 14.1. The molecular weight excluding hydrogens is 370 g/mol. The average Bonchev–Trinajstić information content (AvgIpc) is 2.28. The van der Waals surface area contributed by atoms with E-state index in [2.05, 4.69) is 16.0 Å². The minimum absolute atomic E-state index is 0.390. The van der Waals surface area contributed by atoms with Crippen LogP contribution in [0.1, 0.15) is 11.1 Å². The topological polar surface area (TPSA) is 25.8 Å². The predicted molar refractivity (Wildman–Crippen MR) is 79.7 cm³/mol. The lowest BCUT2D eigenvalue weighted by Gasteiger charge is -2.07. The normalized spacial score (nSPS) is 10.6. The fraction of sp³-hybridized carbons (Fsp3) is 0.167. The summed E-state index contributed by atoms with van der Waals surface area (Å²) in [4.78, 5) is 8.54. The van der Waals surface area contributed by atoms with Crippen LogP contribution < -0.4 is 0 Å². The lowest BCUT2D eigenvalue weighted by molar-refractivity contribution is 1.15. The van der Waals surface area contributed by atoms with E-state index in [1.807, 2.05) is 48.6 Å². The van der Waals surface area contributed by atoms with Crippen LogP contribution >= 0.6 is 45.8 Å². The second kappa shape index (κ2) is 5.08. The first kappa shape index (κ1) is 13.1. The van der Waals surface area contributed by atoms with Crippen LogP contribution in [-0.2, 0) is 0 Å². The van der Waals surface area contributed by atoms with Gasteiger partial charge in [-0.25, -0.2) is 9.97 Å². The van der Waals surface area contributed by atoms with Crippen molar-refractivity contribution in [3.8, 4) is 11.4 Å². The van der Waals surface area contributed by atoms with Gasteiger partial charge in [0, 0.05) is 5.56 Å². The van der Waals surface area contributed by atoms with Gasteiger partial charge in [-0.05, 0) is 48.1 Å². The molecule has 0 aliphatic heterocycles. The zero-order chi connectivity index (χ0) is 12.6. The fourth-order valence-corrected chi connectivity index (χ4v) is 2.12. The first-order valence-electron chi connectivity index (χ1n) is 4.95. The summed E-state index contributed by atoms with van der Waals surface area (Å²) in [6.45, 7) is 4.04. The van der Waals surface area contributed by atoms with Crippen LogP contribution in [0, 0.1) is 17.4 Å². The Morgan fingerprint density at radius 2 is 1.65 bits per heavy atom. The van der Waals surface area contributed by atoms with E-state index in [1.54, 1.807) is 0 Å². The van der Waals surface area contributed by atoms with Crippen molar-refractivity contribution in [3.05, 3.63) is 43.2 Å². The molecule has 0 saturated heterocycles. The van der Waals surface area contributed by atoms with E-state index in [1.165, 1.54) is 0 Å². The molecule has 1 heterocycles. The van der Waals surface area contributed by atoms with Gasteiger partial charge in [-0.15, -0.1) is 0 Å². The molecule has 0 radical (unpaired) electrons. The molecule has 2 aromatic rings. The second-order valence-electron chi connectivity index (χ2n) is 3.76. The SMILES string of the molecule is Cc1ccc(C)c(-c2nc(Cl)c(I)c(Cl)n2)c1. The maximum absolute atomic E-state index is 6.02. The van der Waals surface area contributed by atoms with Gasteiger partial charge < -0.3 is 0 Å². The molecule has 0 N–H and O–H groups in total.